The fourth-order valence-corrected chi connectivity index (χ4v) is 3.24. The zero-order valence-corrected chi connectivity index (χ0v) is 10.0. The maximum Gasteiger partial charge on any atom is 0.228 e. The van der Waals surface area contributed by atoms with Crippen LogP contribution in [0.15, 0.2) is 21.5 Å². The highest BCUT2D eigenvalue weighted by molar-refractivity contribution is 9.10. The van der Waals surface area contributed by atoms with Gasteiger partial charge in [-0.15, -0.1) is 0 Å². The van der Waals surface area contributed by atoms with Crippen LogP contribution in [0.4, 0.5) is 5.69 Å². The Bertz CT molecular complexity index is 449. The second-order valence-electron chi connectivity index (χ2n) is 2.89. The Labute approximate surface area is 95.9 Å². The number of carbonyl (C=O) groups is 1. The molecule has 2 rings (SSSR count). The summed E-state index contributed by atoms with van der Waals surface area (Å²) in [5.74, 6) is -0.0515. The molecular weight excluding hydrogens is 290 g/mol. The van der Waals surface area contributed by atoms with Crippen LogP contribution in [0, 0.1) is 0 Å². The van der Waals surface area contributed by atoms with Crippen LogP contribution >= 0.6 is 26.6 Å². The fraction of sp³-hybridized carbons (Fsp3) is 0.125. The van der Waals surface area contributed by atoms with Gasteiger partial charge in [-0.05, 0) is 44.3 Å². The van der Waals surface area contributed by atoms with E-state index in [1.165, 1.54) is 0 Å². The second-order valence-corrected chi connectivity index (χ2v) is 5.47. The molecule has 1 N–H and O–H groups in total. The summed E-state index contributed by atoms with van der Waals surface area (Å²) >= 11 is 3.24. The number of rotatable bonds is 1. The summed E-state index contributed by atoms with van der Waals surface area (Å²) in [6.07, 6.45) is 0.323. The van der Waals surface area contributed by atoms with E-state index in [0.29, 0.717) is 15.8 Å². The van der Waals surface area contributed by atoms with Crippen molar-refractivity contribution in [2.75, 3.05) is 5.32 Å². The van der Waals surface area contributed by atoms with Gasteiger partial charge >= 0.3 is 0 Å². The van der Waals surface area contributed by atoms with Crippen molar-refractivity contribution in [1.82, 2.24) is 0 Å². The van der Waals surface area contributed by atoms with Crippen LogP contribution in [0.1, 0.15) is 5.56 Å². The number of carbonyl (C=O) groups excluding carboxylic acids is 1. The maximum atomic E-state index is 11.1. The quantitative estimate of drug-likeness (QED) is 0.807. The third kappa shape index (κ3) is 1.71. The Morgan fingerprint density at radius 2 is 2.21 bits per heavy atom. The smallest absolute Gasteiger partial charge is 0.228 e. The van der Waals surface area contributed by atoms with Crippen LogP contribution in [0.5, 0.6) is 0 Å². The van der Waals surface area contributed by atoms with Crippen LogP contribution in [-0.2, 0) is 21.2 Å². The van der Waals surface area contributed by atoms with E-state index in [4.69, 9.17) is 10.7 Å². The number of hydrogen-bond donors (Lipinski definition) is 1. The van der Waals surface area contributed by atoms with E-state index < -0.39 is 10.0 Å². The largest absolute Gasteiger partial charge is 0.325 e. The number of benzene rings is 1. The first-order valence-electron chi connectivity index (χ1n) is 3.78. The molecule has 0 saturated carbocycles. The summed E-state index contributed by atoms with van der Waals surface area (Å²) in [5.41, 5.74) is 1.59. The van der Waals surface area contributed by atoms with E-state index in [9.17, 15) is 9.00 Å². The zero-order valence-electron chi connectivity index (χ0n) is 6.84. The molecule has 1 heterocycles. The molecule has 74 valence electrons. The lowest BCUT2D eigenvalue weighted by Crippen LogP contribution is -2.03. The fourth-order valence-electron chi connectivity index (χ4n) is 1.35. The van der Waals surface area contributed by atoms with Crippen LogP contribution < -0.4 is 5.32 Å². The number of nitrogens with one attached hydrogen (secondary N) is 1. The molecule has 1 aliphatic heterocycles. The summed E-state index contributed by atoms with van der Waals surface area (Å²) in [6.45, 7) is 0. The first-order valence-corrected chi connectivity index (χ1v) is 6.55. The Hall–Kier alpha value is -0.390. The molecule has 1 aromatic rings. The van der Waals surface area contributed by atoms with E-state index in [1.807, 2.05) is 0 Å². The van der Waals surface area contributed by atoms with Gasteiger partial charge in [0.2, 0.25) is 5.91 Å². The van der Waals surface area contributed by atoms with Crippen LogP contribution in [0.2, 0.25) is 0 Å². The molecule has 6 heteroatoms. The van der Waals surface area contributed by atoms with Crippen molar-refractivity contribution in [3.63, 3.8) is 0 Å². The van der Waals surface area contributed by atoms with Gasteiger partial charge in [0.05, 0.1) is 11.3 Å². The Morgan fingerprint density at radius 3 is 2.86 bits per heavy atom. The highest BCUT2D eigenvalue weighted by Crippen LogP contribution is 2.32. The minimum Gasteiger partial charge on any atom is -0.325 e. The SMILES string of the molecule is O=C1Cc2cc(S(=O)Cl)c(Br)cc2N1. The minimum atomic E-state index is -1.56. The first-order chi connectivity index (χ1) is 6.58. The average molecular weight is 295 g/mol. The van der Waals surface area contributed by atoms with Crippen molar-refractivity contribution in [3.05, 3.63) is 22.2 Å². The molecule has 14 heavy (non-hydrogen) atoms. The lowest BCUT2D eigenvalue weighted by Gasteiger charge is -2.03. The number of anilines is 1. The van der Waals surface area contributed by atoms with Gasteiger partial charge in [-0.25, -0.2) is 4.21 Å². The van der Waals surface area contributed by atoms with Gasteiger partial charge in [0.15, 0.2) is 0 Å². The summed E-state index contributed by atoms with van der Waals surface area (Å²) in [7, 11) is 3.93. The molecule has 0 aromatic heterocycles. The van der Waals surface area contributed by atoms with E-state index in [0.717, 1.165) is 11.3 Å². The second kappa shape index (κ2) is 3.64. The van der Waals surface area contributed by atoms with Crippen molar-refractivity contribution in [2.24, 2.45) is 0 Å². The third-order valence-corrected chi connectivity index (χ3v) is 4.06. The van der Waals surface area contributed by atoms with Crippen molar-refractivity contribution >= 4 is 48.2 Å². The van der Waals surface area contributed by atoms with Crippen molar-refractivity contribution in [3.8, 4) is 0 Å². The van der Waals surface area contributed by atoms with Gasteiger partial charge in [0.1, 0.15) is 10.0 Å². The highest BCUT2D eigenvalue weighted by atomic mass is 79.9. The predicted octanol–water partition coefficient (Wildman–Crippen LogP) is 2.21. The topological polar surface area (TPSA) is 46.2 Å². The Morgan fingerprint density at radius 1 is 1.50 bits per heavy atom. The summed E-state index contributed by atoms with van der Waals surface area (Å²) < 4.78 is 11.7. The molecule has 0 saturated heterocycles. The predicted molar refractivity (Wildman–Crippen MR) is 58.7 cm³/mol. The number of hydrogen-bond acceptors (Lipinski definition) is 2. The number of fused-ring (bicyclic) bond motifs is 1. The van der Waals surface area contributed by atoms with Crippen LogP contribution in [0.25, 0.3) is 0 Å². The molecular formula is C8H5BrClNO2S. The minimum absolute atomic E-state index is 0.0515. The number of halogens is 2. The first kappa shape index (κ1) is 10.1. The van der Waals surface area contributed by atoms with Gasteiger partial charge in [-0.1, -0.05) is 0 Å². The van der Waals surface area contributed by atoms with Crippen molar-refractivity contribution in [1.29, 1.82) is 0 Å². The molecule has 1 aliphatic rings. The van der Waals surface area contributed by atoms with E-state index in [-0.39, 0.29) is 5.91 Å². The lowest BCUT2D eigenvalue weighted by molar-refractivity contribution is -0.115. The lowest BCUT2D eigenvalue weighted by atomic mass is 10.2. The van der Waals surface area contributed by atoms with Gasteiger partial charge in [0.25, 0.3) is 0 Å². The molecule has 0 fully saturated rings. The molecule has 1 atom stereocenters. The van der Waals surface area contributed by atoms with Gasteiger partial charge in [0, 0.05) is 10.2 Å². The van der Waals surface area contributed by atoms with Gasteiger partial charge < -0.3 is 5.32 Å². The standard InChI is InChI=1S/C8H5BrClNO2S/c9-5-3-6-4(2-8(12)11-6)1-7(5)14(10)13/h1,3H,2H2,(H,11,12). The van der Waals surface area contributed by atoms with Crippen molar-refractivity contribution in [2.45, 2.75) is 11.3 Å². The average Bonchev–Trinajstić information content (AvgIpc) is 2.42. The summed E-state index contributed by atoms with van der Waals surface area (Å²) in [5, 5.41) is 2.69. The Balaban J connectivity index is 2.55. The van der Waals surface area contributed by atoms with Crippen LogP contribution in [0.3, 0.4) is 0 Å². The molecule has 1 unspecified atom stereocenters. The molecule has 1 aromatic carbocycles. The monoisotopic (exact) mass is 293 g/mol. The maximum absolute atomic E-state index is 11.1. The van der Waals surface area contributed by atoms with E-state index in [1.54, 1.807) is 12.1 Å². The van der Waals surface area contributed by atoms with Crippen molar-refractivity contribution < 1.29 is 9.00 Å². The van der Waals surface area contributed by atoms with E-state index in [2.05, 4.69) is 21.2 Å². The zero-order chi connectivity index (χ0) is 10.3. The summed E-state index contributed by atoms with van der Waals surface area (Å²) in [6, 6.07) is 3.40. The Kier molecular flexibility index (Phi) is 2.64. The molecule has 3 nitrogen and oxygen atoms in total. The highest BCUT2D eigenvalue weighted by Gasteiger charge is 2.20. The molecule has 0 aliphatic carbocycles. The third-order valence-electron chi connectivity index (χ3n) is 1.96. The van der Waals surface area contributed by atoms with E-state index >= 15 is 0 Å². The summed E-state index contributed by atoms with van der Waals surface area (Å²) in [4.78, 5) is 11.6. The van der Waals surface area contributed by atoms with Crippen LogP contribution in [-0.4, -0.2) is 10.1 Å². The van der Waals surface area contributed by atoms with Gasteiger partial charge in [-0.2, -0.15) is 0 Å². The van der Waals surface area contributed by atoms with Gasteiger partial charge in [-0.3, -0.25) is 4.79 Å². The molecule has 0 bridgehead atoms. The molecule has 0 spiro atoms. The normalized spacial score (nSPS) is 16.3. The number of amides is 1. The molecule has 0 radical (unpaired) electrons. The molecule has 1 amide bonds.